The van der Waals surface area contributed by atoms with Crippen molar-refractivity contribution < 1.29 is 33.2 Å². The van der Waals surface area contributed by atoms with Gasteiger partial charge < -0.3 is 24.3 Å². The molecule has 0 spiro atoms. The number of carbonyl (C=O) groups excluding carboxylic acids is 2. The van der Waals surface area contributed by atoms with Crippen molar-refractivity contribution in [2.45, 2.75) is 19.1 Å². The Labute approximate surface area is 167 Å². The van der Waals surface area contributed by atoms with Crippen LogP contribution in [0.3, 0.4) is 0 Å². The van der Waals surface area contributed by atoms with E-state index in [0.717, 1.165) is 0 Å². The number of nitrogens with zero attached hydrogens (tertiary/aromatic N) is 2. The molecule has 0 fully saturated rings. The van der Waals surface area contributed by atoms with Crippen LogP contribution in [0.5, 0.6) is 0 Å². The van der Waals surface area contributed by atoms with Crippen LogP contribution in [0.4, 0.5) is 0 Å². The highest BCUT2D eigenvalue weighted by Crippen LogP contribution is 2.48. The minimum absolute atomic E-state index is 0.158. The van der Waals surface area contributed by atoms with Crippen molar-refractivity contribution in [1.82, 2.24) is 15.6 Å². The van der Waals surface area contributed by atoms with Crippen molar-refractivity contribution in [3.63, 3.8) is 0 Å². The third-order valence-corrected chi connectivity index (χ3v) is 5.21. The molecule has 10 nitrogen and oxygen atoms in total. The first-order valence-corrected chi connectivity index (χ1v) is 8.84. The number of hydrogen-bond acceptors (Lipinski definition) is 10. The summed E-state index contributed by atoms with van der Waals surface area (Å²) in [6.45, 7) is 1.86. The third kappa shape index (κ3) is 3.34. The molecule has 3 rings (SSSR count). The number of hydrogen-bond donors (Lipinski definition) is 1. The second-order valence-electron chi connectivity index (χ2n) is 6.80. The van der Waals surface area contributed by atoms with Crippen molar-refractivity contribution in [3.05, 3.63) is 35.0 Å². The molecule has 2 unspecified atom stereocenters. The highest BCUT2D eigenvalue weighted by molar-refractivity contribution is 5.96. The first-order chi connectivity index (χ1) is 13.9. The summed E-state index contributed by atoms with van der Waals surface area (Å²) in [4.78, 5) is 25.8. The monoisotopic (exact) mass is 405 g/mol. The van der Waals surface area contributed by atoms with Crippen LogP contribution in [0.2, 0.25) is 0 Å². The lowest BCUT2D eigenvalue weighted by Gasteiger charge is -2.42. The van der Waals surface area contributed by atoms with Crippen molar-refractivity contribution in [2.24, 2.45) is 5.41 Å². The molecule has 0 saturated carbocycles. The summed E-state index contributed by atoms with van der Waals surface area (Å²) in [6.07, 6.45) is -0.872. The lowest BCUT2D eigenvalue weighted by atomic mass is 9.66. The van der Waals surface area contributed by atoms with Gasteiger partial charge >= 0.3 is 11.9 Å². The minimum atomic E-state index is -1.17. The Bertz CT molecular complexity index is 950. The zero-order chi connectivity index (χ0) is 21.2. The summed E-state index contributed by atoms with van der Waals surface area (Å²) < 4.78 is 25.7. The molecule has 1 aliphatic heterocycles. The van der Waals surface area contributed by atoms with E-state index in [9.17, 15) is 9.59 Å². The van der Waals surface area contributed by atoms with Gasteiger partial charge in [0.15, 0.2) is 6.29 Å². The Hall–Kier alpha value is -2.98. The zero-order valence-corrected chi connectivity index (χ0v) is 16.8. The summed E-state index contributed by atoms with van der Waals surface area (Å²) in [5.74, 6) is -1.93. The predicted molar refractivity (Wildman–Crippen MR) is 99.5 cm³/mol. The first-order valence-electron chi connectivity index (χ1n) is 8.84. The number of rotatable bonds is 6. The van der Waals surface area contributed by atoms with Crippen LogP contribution in [0.1, 0.15) is 18.4 Å². The molecular formula is C19H23N3O7. The van der Waals surface area contributed by atoms with Gasteiger partial charge in [0.05, 0.1) is 30.9 Å². The number of benzene rings is 1. The van der Waals surface area contributed by atoms with Crippen molar-refractivity contribution in [3.8, 4) is 0 Å². The second-order valence-corrected chi connectivity index (χ2v) is 6.80. The number of esters is 2. The molecule has 0 amide bonds. The van der Waals surface area contributed by atoms with Gasteiger partial charge in [-0.05, 0) is 28.9 Å². The molecule has 0 radical (unpaired) electrons. The Kier molecular flexibility index (Phi) is 5.85. The summed E-state index contributed by atoms with van der Waals surface area (Å²) in [5.41, 5.74) is 0.872. The van der Waals surface area contributed by atoms with E-state index in [4.69, 9.17) is 23.6 Å². The molecule has 1 aromatic carbocycles. The Morgan fingerprint density at radius 3 is 2.52 bits per heavy atom. The van der Waals surface area contributed by atoms with Crippen LogP contribution in [0, 0.1) is 5.41 Å². The molecular weight excluding hydrogens is 382 g/mol. The summed E-state index contributed by atoms with van der Waals surface area (Å²) >= 11 is 0. The lowest BCUT2D eigenvalue weighted by Crippen LogP contribution is -2.52. The normalized spacial score (nSPS) is 21.9. The molecule has 29 heavy (non-hydrogen) atoms. The van der Waals surface area contributed by atoms with E-state index in [-0.39, 0.29) is 12.1 Å². The van der Waals surface area contributed by atoms with E-state index in [1.165, 1.54) is 28.4 Å². The maximum Gasteiger partial charge on any atom is 0.336 e. The van der Waals surface area contributed by atoms with Crippen molar-refractivity contribution in [1.29, 1.82) is 0 Å². The van der Waals surface area contributed by atoms with E-state index < -0.39 is 29.6 Å². The van der Waals surface area contributed by atoms with E-state index in [0.29, 0.717) is 22.3 Å². The average molecular weight is 405 g/mol. The molecule has 0 saturated heterocycles. The Morgan fingerprint density at radius 1 is 1.17 bits per heavy atom. The number of aromatic nitrogens is 2. The number of carbonyl (C=O) groups is 2. The van der Waals surface area contributed by atoms with Gasteiger partial charge in [-0.1, -0.05) is 12.1 Å². The topological polar surface area (TPSA) is 122 Å². The SMILES string of the molecule is COC(=O)C1=C(C(OC)OC)NCC(C)(C(=O)OC)C1c1cccc2nonc12. The Morgan fingerprint density at radius 2 is 1.90 bits per heavy atom. The van der Waals surface area contributed by atoms with Crippen LogP contribution in [0.15, 0.2) is 34.1 Å². The van der Waals surface area contributed by atoms with Gasteiger partial charge in [-0.25, -0.2) is 9.42 Å². The summed E-state index contributed by atoms with van der Waals surface area (Å²) in [5, 5.41) is 10.9. The van der Waals surface area contributed by atoms with E-state index >= 15 is 0 Å². The van der Waals surface area contributed by atoms with Crippen LogP contribution >= 0.6 is 0 Å². The molecule has 156 valence electrons. The fourth-order valence-electron chi connectivity index (χ4n) is 3.81. The maximum absolute atomic E-state index is 12.9. The van der Waals surface area contributed by atoms with Gasteiger partial charge in [-0.3, -0.25) is 4.79 Å². The average Bonchev–Trinajstić information content (AvgIpc) is 3.23. The van der Waals surface area contributed by atoms with E-state index in [2.05, 4.69) is 15.6 Å². The first kappa shape index (κ1) is 20.7. The molecule has 1 N–H and O–H groups in total. The lowest BCUT2D eigenvalue weighted by molar-refractivity contribution is -0.154. The number of ether oxygens (including phenoxy) is 4. The van der Waals surface area contributed by atoms with Crippen LogP contribution in [-0.4, -0.2) is 63.5 Å². The highest BCUT2D eigenvalue weighted by Gasteiger charge is 2.52. The fraction of sp³-hybridized carbons (Fsp3) is 0.474. The quantitative estimate of drug-likeness (QED) is 0.553. The molecule has 2 heterocycles. The van der Waals surface area contributed by atoms with Crippen molar-refractivity contribution in [2.75, 3.05) is 35.0 Å². The number of methoxy groups -OCH3 is 4. The van der Waals surface area contributed by atoms with Gasteiger partial charge in [-0.15, -0.1) is 0 Å². The number of nitrogens with one attached hydrogen (secondary N) is 1. The largest absolute Gasteiger partial charge is 0.469 e. The molecule has 1 aliphatic rings. The van der Waals surface area contributed by atoms with Gasteiger partial charge in [0.1, 0.15) is 11.0 Å². The van der Waals surface area contributed by atoms with E-state index in [1.807, 2.05) is 0 Å². The summed E-state index contributed by atoms with van der Waals surface area (Å²) in [7, 11) is 5.46. The van der Waals surface area contributed by atoms with Gasteiger partial charge in [0, 0.05) is 26.7 Å². The predicted octanol–water partition coefficient (Wildman–Crippen LogP) is 1.13. The maximum atomic E-state index is 12.9. The van der Waals surface area contributed by atoms with Gasteiger partial charge in [0.25, 0.3) is 0 Å². The van der Waals surface area contributed by atoms with Gasteiger partial charge in [-0.2, -0.15) is 0 Å². The third-order valence-electron chi connectivity index (χ3n) is 5.21. The smallest absolute Gasteiger partial charge is 0.336 e. The molecule has 0 bridgehead atoms. The minimum Gasteiger partial charge on any atom is -0.469 e. The van der Waals surface area contributed by atoms with Crippen LogP contribution < -0.4 is 5.32 Å². The van der Waals surface area contributed by atoms with Crippen LogP contribution in [-0.2, 0) is 28.5 Å². The van der Waals surface area contributed by atoms with Crippen molar-refractivity contribution >= 4 is 23.0 Å². The molecule has 1 aromatic heterocycles. The highest BCUT2D eigenvalue weighted by atomic mass is 16.7. The van der Waals surface area contributed by atoms with Gasteiger partial charge in [0.2, 0.25) is 0 Å². The molecule has 0 aliphatic carbocycles. The van der Waals surface area contributed by atoms with E-state index in [1.54, 1.807) is 25.1 Å². The van der Waals surface area contributed by atoms with Crippen LogP contribution in [0.25, 0.3) is 11.0 Å². The molecule has 10 heteroatoms. The molecule has 2 aromatic rings. The standard InChI is InChI=1S/C19H23N3O7/c1-19(18(24)28-5)9-20-15(17(26-3)27-4)12(16(23)25-2)13(19)10-7-6-8-11-14(10)22-29-21-11/h6-8,13,17,20H,9H2,1-5H3. The fourth-order valence-corrected chi connectivity index (χ4v) is 3.81. The number of fused-ring (bicyclic) bond motifs is 1. The second kappa shape index (κ2) is 8.18. The zero-order valence-electron chi connectivity index (χ0n) is 16.8. The molecule has 2 atom stereocenters. The summed E-state index contributed by atoms with van der Waals surface area (Å²) in [6, 6.07) is 5.24. The Balaban J connectivity index is 2.35.